The molecule has 3 aromatic carbocycles. The van der Waals surface area contributed by atoms with Crippen molar-refractivity contribution < 1.29 is 9.53 Å². The summed E-state index contributed by atoms with van der Waals surface area (Å²) in [5.41, 5.74) is 4.69. The normalized spacial score (nSPS) is 14.4. The molecule has 1 aromatic heterocycles. The molecular weight excluding hydrogens is 512 g/mol. The topological polar surface area (TPSA) is 84.3 Å². The van der Waals surface area contributed by atoms with Gasteiger partial charge >= 0.3 is 0 Å². The number of methoxy groups -OCH3 is 1. The molecule has 39 heavy (non-hydrogen) atoms. The van der Waals surface area contributed by atoms with Gasteiger partial charge in [-0.25, -0.2) is 4.68 Å². The van der Waals surface area contributed by atoms with Crippen molar-refractivity contribution in [2.24, 2.45) is 0 Å². The van der Waals surface area contributed by atoms with Crippen molar-refractivity contribution in [1.82, 2.24) is 14.8 Å². The third-order valence-electron chi connectivity index (χ3n) is 6.89. The smallest absolute Gasteiger partial charge is 0.255 e. The molecule has 1 aliphatic rings. The lowest BCUT2D eigenvalue weighted by atomic mass is 9.95. The third-order valence-corrected chi connectivity index (χ3v) is 7.14. The summed E-state index contributed by atoms with van der Waals surface area (Å²) in [4.78, 5) is 20.9. The average molecular weight is 543 g/mol. The summed E-state index contributed by atoms with van der Waals surface area (Å²) in [5.74, 6) is 1.44. The number of allylic oxidation sites excluding steroid dienone is 1. The Hall–Kier alpha value is -4.30. The van der Waals surface area contributed by atoms with E-state index < -0.39 is 6.04 Å². The van der Waals surface area contributed by atoms with Crippen LogP contribution in [0.5, 0.6) is 5.75 Å². The molecule has 9 heteroatoms. The molecule has 0 bridgehead atoms. The Bertz CT molecular complexity index is 1510. The van der Waals surface area contributed by atoms with Crippen LogP contribution in [0.1, 0.15) is 32.4 Å². The second kappa shape index (κ2) is 11.2. The number of fused-ring (bicyclic) bond motifs is 1. The summed E-state index contributed by atoms with van der Waals surface area (Å²) in [7, 11) is 1.58. The summed E-state index contributed by atoms with van der Waals surface area (Å²) in [6.07, 6.45) is 0. The highest BCUT2D eigenvalue weighted by Gasteiger charge is 2.34. The van der Waals surface area contributed by atoms with Gasteiger partial charge in [-0.2, -0.15) is 4.98 Å². The Morgan fingerprint density at radius 1 is 1.05 bits per heavy atom. The van der Waals surface area contributed by atoms with Gasteiger partial charge in [0.15, 0.2) is 5.82 Å². The van der Waals surface area contributed by atoms with Crippen LogP contribution in [0.4, 0.5) is 17.3 Å². The zero-order valence-corrected chi connectivity index (χ0v) is 23.2. The van der Waals surface area contributed by atoms with Gasteiger partial charge in [0, 0.05) is 35.1 Å². The van der Waals surface area contributed by atoms with Crippen LogP contribution >= 0.6 is 11.6 Å². The molecule has 0 saturated carbocycles. The van der Waals surface area contributed by atoms with Crippen molar-refractivity contribution in [2.45, 2.75) is 26.8 Å². The lowest BCUT2D eigenvalue weighted by Gasteiger charge is -2.28. The molecule has 0 saturated heterocycles. The molecule has 0 radical (unpaired) electrons. The number of ether oxygens (including phenoxy) is 1. The maximum absolute atomic E-state index is 13.8. The minimum atomic E-state index is -0.524. The van der Waals surface area contributed by atoms with Crippen molar-refractivity contribution in [2.75, 3.05) is 35.7 Å². The van der Waals surface area contributed by atoms with Gasteiger partial charge in [0.25, 0.3) is 5.91 Å². The fraction of sp³-hybridized carbons (Fsp3) is 0.233. The van der Waals surface area contributed by atoms with E-state index in [1.165, 1.54) is 0 Å². The van der Waals surface area contributed by atoms with Crippen molar-refractivity contribution in [3.05, 3.63) is 94.7 Å². The number of anilines is 3. The van der Waals surface area contributed by atoms with E-state index in [0.29, 0.717) is 39.5 Å². The Morgan fingerprint density at radius 3 is 2.41 bits per heavy atom. The first kappa shape index (κ1) is 26.3. The third kappa shape index (κ3) is 5.20. The summed E-state index contributed by atoms with van der Waals surface area (Å²) in [6.45, 7) is 8.02. The number of benzene rings is 3. The maximum atomic E-state index is 13.8. The number of carbonyl (C=O) groups excluding carboxylic acids is 1. The van der Waals surface area contributed by atoms with Gasteiger partial charge in [-0.3, -0.25) is 4.79 Å². The van der Waals surface area contributed by atoms with Crippen molar-refractivity contribution in [3.63, 3.8) is 0 Å². The van der Waals surface area contributed by atoms with E-state index in [1.807, 2.05) is 55.5 Å². The van der Waals surface area contributed by atoms with Gasteiger partial charge in [0.05, 0.1) is 18.4 Å². The van der Waals surface area contributed by atoms with Crippen LogP contribution in [0.2, 0.25) is 5.02 Å². The molecule has 1 amide bonds. The molecular formula is C30H31ClN6O2. The first-order valence-electron chi connectivity index (χ1n) is 12.9. The zero-order chi connectivity index (χ0) is 27.5. The lowest BCUT2D eigenvalue weighted by Crippen LogP contribution is -2.31. The summed E-state index contributed by atoms with van der Waals surface area (Å²) >= 11 is 6.20. The Kier molecular flexibility index (Phi) is 7.56. The number of amides is 1. The molecule has 8 nitrogen and oxygen atoms in total. The van der Waals surface area contributed by atoms with E-state index >= 15 is 0 Å². The standard InChI is InChI=1S/C30H31ClN6O2/c1-5-36(6-2)23-17-13-21(14-18-23)28-34-30-32-19(3)26(29(38)33-24-9-7-8-10-25(24)39-4)27(37(30)35-28)20-11-15-22(31)16-12-20/h7-18,27H,5-6H2,1-4H3,(H,33,38)(H,32,34,35). The van der Waals surface area contributed by atoms with Crippen LogP contribution in [0.3, 0.4) is 0 Å². The Labute approximate surface area is 233 Å². The van der Waals surface area contributed by atoms with E-state index in [-0.39, 0.29) is 5.91 Å². The van der Waals surface area contributed by atoms with Crippen LogP contribution in [-0.4, -0.2) is 40.9 Å². The fourth-order valence-corrected chi connectivity index (χ4v) is 4.99. The molecule has 5 rings (SSSR count). The minimum Gasteiger partial charge on any atom is -0.495 e. The quantitative estimate of drug-likeness (QED) is 0.269. The number of nitrogens with one attached hydrogen (secondary N) is 2. The lowest BCUT2D eigenvalue weighted by molar-refractivity contribution is -0.113. The van der Waals surface area contributed by atoms with Gasteiger partial charge in [-0.15, -0.1) is 5.10 Å². The van der Waals surface area contributed by atoms with Crippen molar-refractivity contribution in [3.8, 4) is 17.1 Å². The molecule has 1 unspecified atom stereocenters. The van der Waals surface area contributed by atoms with Crippen molar-refractivity contribution >= 4 is 34.8 Å². The molecule has 1 atom stereocenters. The number of halogens is 1. The molecule has 2 heterocycles. The largest absolute Gasteiger partial charge is 0.495 e. The van der Waals surface area contributed by atoms with Gasteiger partial charge in [-0.1, -0.05) is 35.9 Å². The molecule has 4 aromatic rings. The summed E-state index contributed by atoms with van der Waals surface area (Å²) in [5, 5.41) is 11.8. The van der Waals surface area contributed by atoms with E-state index in [0.717, 1.165) is 29.9 Å². The predicted octanol–water partition coefficient (Wildman–Crippen LogP) is 6.38. The number of rotatable bonds is 8. The SMILES string of the molecule is CCN(CC)c1ccc(-c2nc3n(n2)C(c2ccc(Cl)cc2)C(C(=O)Nc2ccccc2OC)=C(C)N3)cc1. The van der Waals surface area contributed by atoms with E-state index in [9.17, 15) is 4.79 Å². The minimum absolute atomic E-state index is 0.268. The highest BCUT2D eigenvalue weighted by molar-refractivity contribution is 6.30. The first-order valence-corrected chi connectivity index (χ1v) is 13.3. The fourth-order valence-electron chi connectivity index (χ4n) is 4.87. The number of aromatic nitrogens is 3. The van der Waals surface area contributed by atoms with E-state index in [2.05, 4.69) is 41.5 Å². The van der Waals surface area contributed by atoms with Gasteiger partial charge in [0.2, 0.25) is 5.95 Å². The maximum Gasteiger partial charge on any atom is 0.255 e. The first-order chi connectivity index (χ1) is 18.9. The Balaban J connectivity index is 1.54. The number of hydrogen-bond donors (Lipinski definition) is 2. The number of hydrogen-bond acceptors (Lipinski definition) is 6. The zero-order valence-electron chi connectivity index (χ0n) is 22.4. The monoisotopic (exact) mass is 542 g/mol. The van der Waals surface area contributed by atoms with Gasteiger partial charge in [-0.05, 0) is 74.9 Å². The number of carbonyl (C=O) groups is 1. The highest BCUT2D eigenvalue weighted by atomic mass is 35.5. The van der Waals surface area contributed by atoms with Crippen LogP contribution in [0, 0.1) is 0 Å². The molecule has 0 aliphatic carbocycles. The molecule has 2 N–H and O–H groups in total. The van der Waals surface area contributed by atoms with Crippen LogP contribution in [0.25, 0.3) is 11.4 Å². The molecule has 1 aliphatic heterocycles. The molecule has 0 fully saturated rings. The highest BCUT2D eigenvalue weighted by Crippen LogP contribution is 2.38. The van der Waals surface area contributed by atoms with Crippen LogP contribution in [0.15, 0.2) is 84.1 Å². The second-order valence-electron chi connectivity index (χ2n) is 9.19. The number of nitrogens with zero attached hydrogens (tertiary/aromatic N) is 4. The predicted molar refractivity (Wildman–Crippen MR) is 157 cm³/mol. The summed E-state index contributed by atoms with van der Waals surface area (Å²) in [6, 6.07) is 22.5. The van der Waals surface area contributed by atoms with Gasteiger partial charge < -0.3 is 20.3 Å². The van der Waals surface area contributed by atoms with Crippen LogP contribution in [-0.2, 0) is 4.79 Å². The molecule has 0 spiro atoms. The van der Waals surface area contributed by atoms with Crippen molar-refractivity contribution in [1.29, 1.82) is 0 Å². The van der Waals surface area contributed by atoms with Gasteiger partial charge in [0.1, 0.15) is 11.8 Å². The molecule has 200 valence electrons. The second-order valence-corrected chi connectivity index (χ2v) is 9.63. The van der Waals surface area contributed by atoms with Crippen LogP contribution < -0.4 is 20.3 Å². The summed E-state index contributed by atoms with van der Waals surface area (Å²) < 4.78 is 7.20. The number of para-hydroxylation sites is 2. The average Bonchev–Trinajstić information content (AvgIpc) is 3.37. The van der Waals surface area contributed by atoms with E-state index in [1.54, 1.807) is 23.9 Å². The van der Waals surface area contributed by atoms with E-state index in [4.69, 9.17) is 26.4 Å². The Morgan fingerprint density at radius 2 is 1.74 bits per heavy atom.